The molecule has 1 N–H and O–H groups in total. The molecule has 0 aliphatic carbocycles. The Hall–Kier alpha value is -1.84. The van der Waals surface area contributed by atoms with Crippen LogP contribution in [0.2, 0.25) is 0 Å². The van der Waals surface area contributed by atoms with Crippen molar-refractivity contribution in [1.29, 1.82) is 0 Å². The van der Waals surface area contributed by atoms with Gasteiger partial charge in [-0.15, -0.1) is 0 Å². The summed E-state index contributed by atoms with van der Waals surface area (Å²) < 4.78 is 11.1. The van der Waals surface area contributed by atoms with Gasteiger partial charge in [0.15, 0.2) is 0 Å². The molecule has 0 saturated heterocycles. The summed E-state index contributed by atoms with van der Waals surface area (Å²) in [7, 11) is 1.72. The van der Waals surface area contributed by atoms with E-state index >= 15 is 0 Å². The number of hydrogen-bond acceptors (Lipinski definition) is 3. The predicted octanol–water partition coefficient (Wildman–Crippen LogP) is 3.56. The van der Waals surface area contributed by atoms with Gasteiger partial charge in [0.1, 0.15) is 12.4 Å². The zero-order valence-electron chi connectivity index (χ0n) is 12.7. The lowest BCUT2D eigenvalue weighted by molar-refractivity contribution is 0.167. The molecule has 0 aliphatic rings. The molecule has 0 amide bonds. The molecule has 21 heavy (non-hydrogen) atoms. The van der Waals surface area contributed by atoms with Crippen LogP contribution in [0.15, 0.2) is 54.6 Å². The second-order valence-corrected chi connectivity index (χ2v) is 4.91. The molecule has 0 spiro atoms. The first-order valence-electron chi connectivity index (χ1n) is 7.32. The van der Waals surface area contributed by atoms with E-state index in [1.807, 2.05) is 30.3 Å². The van der Waals surface area contributed by atoms with Crippen molar-refractivity contribution in [3.05, 3.63) is 65.7 Å². The lowest BCUT2D eigenvalue weighted by atomic mass is 10.1. The monoisotopic (exact) mass is 285 g/mol. The van der Waals surface area contributed by atoms with Crippen molar-refractivity contribution in [3.8, 4) is 5.75 Å². The van der Waals surface area contributed by atoms with E-state index in [0.29, 0.717) is 13.2 Å². The van der Waals surface area contributed by atoms with E-state index in [0.717, 1.165) is 12.3 Å². The molecule has 0 aliphatic heterocycles. The molecule has 2 aromatic rings. The molecule has 3 nitrogen and oxygen atoms in total. The van der Waals surface area contributed by atoms with Gasteiger partial charge in [-0.3, -0.25) is 0 Å². The quantitative estimate of drug-likeness (QED) is 0.804. The van der Waals surface area contributed by atoms with Gasteiger partial charge in [-0.1, -0.05) is 49.4 Å². The van der Waals surface area contributed by atoms with Gasteiger partial charge in [-0.05, 0) is 29.8 Å². The molecule has 0 heterocycles. The van der Waals surface area contributed by atoms with Crippen LogP contribution in [-0.2, 0) is 11.3 Å². The van der Waals surface area contributed by atoms with Gasteiger partial charge in [0.05, 0.1) is 12.6 Å². The van der Waals surface area contributed by atoms with Gasteiger partial charge in [-0.2, -0.15) is 0 Å². The average Bonchev–Trinajstić information content (AvgIpc) is 2.54. The van der Waals surface area contributed by atoms with Crippen molar-refractivity contribution < 1.29 is 9.47 Å². The summed E-state index contributed by atoms with van der Waals surface area (Å²) in [6.45, 7) is 4.23. The van der Waals surface area contributed by atoms with Gasteiger partial charge < -0.3 is 14.8 Å². The van der Waals surface area contributed by atoms with Gasteiger partial charge in [0, 0.05) is 7.11 Å². The Morgan fingerprint density at radius 2 is 1.86 bits per heavy atom. The summed E-state index contributed by atoms with van der Waals surface area (Å²) in [4.78, 5) is 0. The zero-order valence-corrected chi connectivity index (χ0v) is 12.7. The SMILES string of the molecule is CCNC(COC)c1cccc(OCc2ccccc2)c1. The fraction of sp³-hybridized carbons (Fsp3) is 0.333. The Morgan fingerprint density at radius 3 is 2.57 bits per heavy atom. The number of likely N-dealkylation sites (N-methyl/N-ethyl adjacent to an activating group) is 1. The number of benzene rings is 2. The number of rotatable bonds is 8. The summed E-state index contributed by atoms with van der Waals surface area (Å²) in [6, 6.07) is 18.6. The first-order chi connectivity index (χ1) is 10.3. The van der Waals surface area contributed by atoms with Crippen molar-refractivity contribution in [2.24, 2.45) is 0 Å². The van der Waals surface area contributed by atoms with E-state index in [2.05, 4.69) is 36.5 Å². The molecule has 0 aromatic heterocycles. The molecule has 0 saturated carbocycles. The highest BCUT2D eigenvalue weighted by Gasteiger charge is 2.10. The lowest BCUT2D eigenvalue weighted by Gasteiger charge is -2.18. The molecule has 0 radical (unpaired) electrons. The Labute approximate surface area is 126 Å². The molecular formula is C18H23NO2. The minimum absolute atomic E-state index is 0.195. The average molecular weight is 285 g/mol. The molecule has 112 valence electrons. The predicted molar refractivity (Wildman–Crippen MR) is 85.5 cm³/mol. The van der Waals surface area contributed by atoms with E-state index in [-0.39, 0.29) is 6.04 Å². The molecule has 2 aromatic carbocycles. The van der Waals surface area contributed by atoms with Crippen molar-refractivity contribution in [1.82, 2.24) is 5.32 Å². The highest BCUT2D eigenvalue weighted by atomic mass is 16.5. The third-order valence-electron chi connectivity index (χ3n) is 3.29. The molecule has 1 unspecified atom stereocenters. The second kappa shape index (κ2) is 8.45. The Balaban J connectivity index is 2.02. The largest absolute Gasteiger partial charge is 0.489 e. The van der Waals surface area contributed by atoms with Crippen LogP contribution in [0.5, 0.6) is 5.75 Å². The first-order valence-corrected chi connectivity index (χ1v) is 7.32. The van der Waals surface area contributed by atoms with Gasteiger partial charge in [0.2, 0.25) is 0 Å². The van der Waals surface area contributed by atoms with E-state index in [1.165, 1.54) is 11.1 Å². The smallest absolute Gasteiger partial charge is 0.120 e. The van der Waals surface area contributed by atoms with E-state index in [9.17, 15) is 0 Å². The topological polar surface area (TPSA) is 30.5 Å². The summed E-state index contributed by atoms with van der Waals surface area (Å²) in [5, 5.41) is 3.42. The number of ether oxygens (including phenoxy) is 2. The van der Waals surface area contributed by atoms with E-state index < -0.39 is 0 Å². The van der Waals surface area contributed by atoms with E-state index in [4.69, 9.17) is 9.47 Å². The number of methoxy groups -OCH3 is 1. The standard InChI is InChI=1S/C18H23NO2/c1-3-19-18(14-20-2)16-10-7-11-17(12-16)21-13-15-8-5-4-6-9-15/h4-12,18-19H,3,13-14H2,1-2H3. The highest BCUT2D eigenvalue weighted by molar-refractivity contribution is 5.31. The summed E-state index contributed by atoms with van der Waals surface area (Å²) in [5.41, 5.74) is 2.35. The Morgan fingerprint density at radius 1 is 1.05 bits per heavy atom. The summed E-state index contributed by atoms with van der Waals surface area (Å²) >= 11 is 0. The van der Waals surface area contributed by atoms with Crippen LogP contribution >= 0.6 is 0 Å². The number of hydrogen-bond donors (Lipinski definition) is 1. The third kappa shape index (κ3) is 4.88. The molecule has 3 heteroatoms. The van der Waals surface area contributed by atoms with Crippen LogP contribution in [0.3, 0.4) is 0 Å². The second-order valence-electron chi connectivity index (χ2n) is 4.91. The molecule has 0 fully saturated rings. The third-order valence-corrected chi connectivity index (χ3v) is 3.29. The van der Waals surface area contributed by atoms with E-state index in [1.54, 1.807) is 7.11 Å². The minimum Gasteiger partial charge on any atom is -0.489 e. The number of nitrogens with one attached hydrogen (secondary N) is 1. The zero-order chi connectivity index (χ0) is 14.9. The van der Waals surface area contributed by atoms with Crippen LogP contribution in [0.1, 0.15) is 24.1 Å². The maximum atomic E-state index is 5.87. The molecule has 0 bridgehead atoms. The fourth-order valence-electron chi connectivity index (χ4n) is 2.25. The van der Waals surface area contributed by atoms with Gasteiger partial charge in [-0.25, -0.2) is 0 Å². The minimum atomic E-state index is 0.195. The lowest BCUT2D eigenvalue weighted by Crippen LogP contribution is -2.24. The van der Waals surface area contributed by atoms with Crippen LogP contribution in [0, 0.1) is 0 Å². The summed E-state index contributed by atoms with van der Waals surface area (Å²) in [6.07, 6.45) is 0. The van der Waals surface area contributed by atoms with Crippen LogP contribution in [0.25, 0.3) is 0 Å². The maximum Gasteiger partial charge on any atom is 0.120 e. The molecule has 1 atom stereocenters. The van der Waals surface area contributed by atoms with Crippen LogP contribution in [0.4, 0.5) is 0 Å². The molecular weight excluding hydrogens is 262 g/mol. The highest BCUT2D eigenvalue weighted by Crippen LogP contribution is 2.20. The summed E-state index contributed by atoms with van der Waals surface area (Å²) in [5.74, 6) is 0.885. The maximum absolute atomic E-state index is 5.87. The fourth-order valence-corrected chi connectivity index (χ4v) is 2.25. The van der Waals surface area contributed by atoms with Crippen molar-refractivity contribution in [2.75, 3.05) is 20.3 Å². The van der Waals surface area contributed by atoms with Gasteiger partial charge in [0.25, 0.3) is 0 Å². The van der Waals surface area contributed by atoms with Crippen molar-refractivity contribution in [3.63, 3.8) is 0 Å². The van der Waals surface area contributed by atoms with Crippen LogP contribution < -0.4 is 10.1 Å². The van der Waals surface area contributed by atoms with Gasteiger partial charge >= 0.3 is 0 Å². The van der Waals surface area contributed by atoms with Crippen LogP contribution in [-0.4, -0.2) is 20.3 Å². The Bertz CT molecular complexity index is 522. The normalized spacial score (nSPS) is 12.1. The first kappa shape index (κ1) is 15.5. The Kier molecular flexibility index (Phi) is 6.25. The van der Waals surface area contributed by atoms with Crippen molar-refractivity contribution in [2.45, 2.75) is 19.6 Å². The molecule has 2 rings (SSSR count). The van der Waals surface area contributed by atoms with Crippen molar-refractivity contribution >= 4 is 0 Å².